The van der Waals surface area contributed by atoms with Gasteiger partial charge in [0.1, 0.15) is 5.76 Å². The Morgan fingerprint density at radius 3 is 2.58 bits per heavy atom. The normalized spacial score (nSPS) is 12.9. The summed E-state index contributed by atoms with van der Waals surface area (Å²) in [5.41, 5.74) is 4.43. The molecule has 0 atom stereocenters. The summed E-state index contributed by atoms with van der Waals surface area (Å²) in [6.45, 7) is 2.86. The summed E-state index contributed by atoms with van der Waals surface area (Å²) in [6, 6.07) is 19.9. The molecule has 0 spiro atoms. The Kier molecular flexibility index (Phi) is 5.75. The van der Waals surface area contributed by atoms with Crippen LogP contribution in [0.1, 0.15) is 32.4 Å². The highest BCUT2D eigenvalue weighted by Crippen LogP contribution is 2.29. The Bertz CT molecular complexity index is 1290. The van der Waals surface area contributed by atoms with Gasteiger partial charge in [0, 0.05) is 23.9 Å². The molecule has 7 nitrogen and oxygen atoms in total. The molecule has 3 heterocycles. The number of aromatic nitrogens is 2. The van der Waals surface area contributed by atoms with Crippen molar-refractivity contribution in [3.63, 3.8) is 0 Å². The van der Waals surface area contributed by atoms with E-state index in [0.29, 0.717) is 36.8 Å². The largest absolute Gasteiger partial charge is 0.361 e. The SMILES string of the molecule is Cc1cc(C(=O)Nc2nc3c(s2)CN(C(=O)Cc2ccc(-c4ccccc4)cc2)CC3)no1. The number of carbonyl (C=O) groups excluding carboxylic acids is 2. The van der Waals surface area contributed by atoms with E-state index in [1.807, 2.05) is 35.2 Å². The number of rotatable bonds is 5. The minimum Gasteiger partial charge on any atom is -0.361 e. The molecule has 0 unspecified atom stereocenters. The molecular weight excluding hydrogens is 436 g/mol. The fraction of sp³-hybridized carbons (Fsp3) is 0.200. The van der Waals surface area contributed by atoms with Crippen LogP contribution in [-0.2, 0) is 24.2 Å². The van der Waals surface area contributed by atoms with E-state index in [9.17, 15) is 9.59 Å². The third-order valence-electron chi connectivity index (χ3n) is 5.58. The summed E-state index contributed by atoms with van der Waals surface area (Å²) < 4.78 is 4.95. The summed E-state index contributed by atoms with van der Waals surface area (Å²) in [6.07, 6.45) is 1.03. The van der Waals surface area contributed by atoms with E-state index in [-0.39, 0.29) is 17.5 Å². The van der Waals surface area contributed by atoms with E-state index in [2.05, 4.69) is 39.7 Å². The zero-order valence-electron chi connectivity index (χ0n) is 18.1. The maximum atomic E-state index is 12.9. The lowest BCUT2D eigenvalue weighted by Gasteiger charge is -2.26. The van der Waals surface area contributed by atoms with Gasteiger partial charge in [-0.3, -0.25) is 14.9 Å². The minimum absolute atomic E-state index is 0.0881. The average molecular weight is 459 g/mol. The lowest BCUT2D eigenvalue weighted by molar-refractivity contribution is -0.131. The topological polar surface area (TPSA) is 88.3 Å². The number of aryl methyl sites for hydroxylation is 1. The van der Waals surface area contributed by atoms with Crippen LogP contribution in [0, 0.1) is 6.92 Å². The number of benzene rings is 2. The smallest absolute Gasteiger partial charge is 0.279 e. The van der Waals surface area contributed by atoms with Gasteiger partial charge in [-0.05, 0) is 23.6 Å². The number of anilines is 1. The lowest BCUT2D eigenvalue weighted by atomic mass is 10.0. The molecule has 0 bridgehead atoms. The van der Waals surface area contributed by atoms with Crippen LogP contribution < -0.4 is 5.32 Å². The average Bonchev–Trinajstić information content (AvgIpc) is 3.45. The van der Waals surface area contributed by atoms with Crippen molar-refractivity contribution in [3.8, 4) is 11.1 Å². The second-order valence-electron chi connectivity index (χ2n) is 7.97. The fourth-order valence-corrected chi connectivity index (χ4v) is 4.85. The van der Waals surface area contributed by atoms with E-state index >= 15 is 0 Å². The van der Waals surface area contributed by atoms with E-state index < -0.39 is 0 Å². The fourth-order valence-electron chi connectivity index (χ4n) is 3.83. The van der Waals surface area contributed by atoms with Crippen LogP contribution in [0.25, 0.3) is 11.1 Å². The molecule has 33 heavy (non-hydrogen) atoms. The molecule has 2 aromatic carbocycles. The van der Waals surface area contributed by atoms with Gasteiger partial charge in [0.15, 0.2) is 10.8 Å². The highest BCUT2D eigenvalue weighted by atomic mass is 32.1. The van der Waals surface area contributed by atoms with Gasteiger partial charge in [-0.15, -0.1) is 0 Å². The molecule has 5 rings (SSSR count). The maximum absolute atomic E-state index is 12.9. The van der Waals surface area contributed by atoms with Crippen molar-refractivity contribution in [2.75, 3.05) is 11.9 Å². The molecule has 0 radical (unpaired) electrons. The van der Waals surface area contributed by atoms with Gasteiger partial charge in [0.05, 0.1) is 18.7 Å². The maximum Gasteiger partial charge on any atom is 0.279 e. The van der Waals surface area contributed by atoms with Crippen molar-refractivity contribution in [3.05, 3.63) is 88.3 Å². The second-order valence-corrected chi connectivity index (χ2v) is 9.05. The molecule has 1 aliphatic rings. The summed E-state index contributed by atoms with van der Waals surface area (Å²) in [7, 11) is 0. The number of fused-ring (bicyclic) bond motifs is 1. The molecule has 166 valence electrons. The van der Waals surface area contributed by atoms with Crippen molar-refractivity contribution < 1.29 is 14.1 Å². The quantitative estimate of drug-likeness (QED) is 0.476. The molecule has 1 N–H and O–H groups in total. The van der Waals surface area contributed by atoms with Crippen LogP contribution in [0.15, 0.2) is 65.2 Å². The van der Waals surface area contributed by atoms with Crippen LogP contribution in [-0.4, -0.2) is 33.4 Å². The highest BCUT2D eigenvalue weighted by molar-refractivity contribution is 7.15. The Morgan fingerprint density at radius 1 is 1.09 bits per heavy atom. The predicted octanol–water partition coefficient (Wildman–Crippen LogP) is 4.49. The van der Waals surface area contributed by atoms with Gasteiger partial charge in [0.25, 0.3) is 5.91 Å². The zero-order valence-corrected chi connectivity index (χ0v) is 18.9. The number of hydrogen-bond donors (Lipinski definition) is 1. The molecule has 2 amide bonds. The molecule has 0 saturated heterocycles. The van der Waals surface area contributed by atoms with Crippen molar-refractivity contribution in [1.82, 2.24) is 15.0 Å². The van der Waals surface area contributed by atoms with Gasteiger partial charge >= 0.3 is 0 Å². The minimum atomic E-state index is -0.357. The summed E-state index contributed by atoms with van der Waals surface area (Å²) >= 11 is 1.40. The standard InChI is InChI=1S/C25H22N4O3S/c1-16-13-21(28-32-16)24(31)27-25-26-20-11-12-29(15-22(20)33-25)23(30)14-17-7-9-19(10-8-17)18-5-3-2-4-6-18/h2-10,13H,11-12,14-15H2,1H3,(H,26,27,31). The Balaban J connectivity index is 1.21. The Hall–Kier alpha value is -3.78. The molecule has 0 fully saturated rings. The number of carbonyl (C=O) groups is 2. The highest BCUT2D eigenvalue weighted by Gasteiger charge is 2.25. The van der Waals surface area contributed by atoms with E-state index in [1.165, 1.54) is 11.3 Å². The molecule has 0 saturated carbocycles. The molecule has 4 aromatic rings. The Labute approximate surface area is 195 Å². The first-order chi connectivity index (χ1) is 16.0. The first kappa shape index (κ1) is 21.1. The number of nitrogens with zero attached hydrogens (tertiary/aromatic N) is 3. The second kappa shape index (κ2) is 8.99. The lowest BCUT2D eigenvalue weighted by Crippen LogP contribution is -2.36. The summed E-state index contributed by atoms with van der Waals surface area (Å²) in [5.74, 6) is 0.303. The van der Waals surface area contributed by atoms with Gasteiger partial charge in [0.2, 0.25) is 5.91 Å². The number of nitrogens with one attached hydrogen (secondary N) is 1. The molecular formula is C25H22N4O3S. The van der Waals surface area contributed by atoms with Crippen LogP contribution in [0.2, 0.25) is 0 Å². The molecule has 1 aliphatic heterocycles. The third kappa shape index (κ3) is 4.70. The number of amides is 2. The monoisotopic (exact) mass is 458 g/mol. The van der Waals surface area contributed by atoms with Crippen LogP contribution in [0.4, 0.5) is 5.13 Å². The van der Waals surface area contributed by atoms with Gasteiger partial charge in [-0.2, -0.15) is 0 Å². The van der Waals surface area contributed by atoms with E-state index in [1.54, 1.807) is 13.0 Å². The molecule has 0 aliphatic carbocycles. The van der Waals surface area contributed by atoms with Crippen LogP contribution in [0.3, 0.4) is 0 Å². The molecule has 2 aromatic heterocycles. The van der Waals surface area contributed by atoms with Gasteiger partial charge in [-0.25, -0.2) is 4.98 Å². The van der Waals surface area contributed by atoms with E-state index in [0.717, 1.165) is 27.3 Å². The molecule has 8 heteroatoms. The van der Waals surface area contributed by atoms with Crippen molar-refractivity contribution in [1.29, 1.82) is 0 Å². The van der Waals surface area contributed by atoms with Crippen LogP contribution in [0.5, 0.6) is 0 Å². The first-order valence-corrected chi connectivity index (χ1v) is 11.5. The first-order valence-electron chi connectivity index (χ1n) is 10.7. The van der Waals surface area contributed by atoms with E-state index in [4.69, 9.17) is 4.52 Å². The number of thiazole rings is 1. The summed E-state index contributed by atoms with van der Waals surface area (Å²) in [5, 5.41) is 7.01. The predicted molar refractivity (Wildman–Crippen MR) is 126 cm³/mol. The Morgan fingerprint density at radius 2 is 1.85 bits per heavy atom. The third-order valence-corrected chi connectivity index (χ3v) is 6.58. The van der Waals surface area contributed by atoms with Gasteiger partial charge < -0.3 is 9.42 Å². The van der Waals surface area contributed by atoms with Gasteiger partial charge in [-0.1, -0.05) is 71.1 Å². The van der Waals surface area contributed by atoms with Crippen molar-refractivity contribution >= 4 is 28.3 Å². The van der Waals surface area contributed by atoms with Crippen molar-refractivity contribution in [2.24, 2.45) is 0 Å². The zero-order chi connectivity index (χ0) is 22.8. The summed E-state index contributed by atoms with van der Waals surface area (Å²) in [4.78, 5) is 32.6. The van der Waals surface area contributed by atoms with Crippen LogP contribution >= 0.6 is 11.3 Å². The van der Waals surface area contributed by atoms with Crippen molar-refractivity contribution in [2.45, 2.75) is 26.3 Å². The number of hydrogen-bond acceptors (Lipinski definition) is 6.